The second-order valence-corrected chi connectivity index (χ2v) is 6.66. The van der Waals surface area contributed by atoms with Gasteiger partial charge in [-0.05, 0) is 30.7 Å². The number of piperazine rings is 1. The Kier molecular flexibility index (Phi) is 5.14. The van der Waals surface area contributed by atoms with Crippen LogP contribution in [0.15, 0.2) is 49.1 Å². The van der Waals surface area contributed by atoms with E-state index in [1.165, 1.54) is 6.33 Å². The van der Waals surface area contributed by atoms with Crippen molar-refractivity contribution >= 4 is 29.0 Å². The maximum Gasteiger partial charge on any atom is 0.353 e. The molecule has 29 heavy (non-hydrogen) atoms. The lowest BCUT2D eigenvalue weighted by molar-refractivity contribution is -0.383. The third kappa shape index (κ3) is 4.05. The Morgan fingerprint density at radius 2 is 1.79 bits per heavy atom. The van der Waals surface area contributed by atoms with Crippen LogP contribution in [0.3, 0.4) is 0 Å². The van der Waals surface area contributed by atoms with Crippen LogP contribution < -0.4 is 15.1 Å². The molecule has 1 N–H and O–H groups in total. The van der Waals surface area contributed by atoms with Gasteiger partial charge in [-0.3, -0.25) is 10.1 Å². The summed E-state index contributed by atoms with van der Waals surface area (Å²) < 4.78 is 0. The molecule has 4 rings (SSSR count). The van der Waals surface area contributed by atoms with Gasteiger partial charge in [0.25, 0.3) is 0 Å². The van der Waals surface area contributed by atoms with Gasteiger partial charge in [0.1, 0.15) is 18.0 Å². The van der Waals surface area contributed by atoms with Gasteiger partial charge in [-0.25, -0.2) is 19.9 Å². The van der Waals surface area contributed by atoms with E-state index >= 15 is 0 Å². The number of nitrogens with zero attached hydrogens (tertiary/aromatic N) is 7. The summed E-state index contributed by atoms with van der Waals surface area (Å²) in [6.07, 6.45) is 4.78. The summed E-state index contributed by atoms with van der Waals surface area (Å²) >= 11 is 0. The predicted octanol–water partition coefficient (Wildman–Crippen LogP) is 2.55. The van der Waals surface area contributed by atoms with Crippen molar-refractivity contribution in [2.75, 3.05) is 41.3 Å². The molecule has 0 spiro atoms. The molecule has 10 nitrogen and oxygen atoms in total. The average Bonchev–Trinajstić information content (AvgIpc) is 2.76. The quantitative estimate of drug-likeness (QED) is 0.517. The Morgan fingerprint density at radius 1 is 1.00 bits per heavy atom. The third-order valence-corrected chi connectivity index (χ3v) is 4.70. The van der Waals surface area contributed by atoms with Gasteiger partial charge in [-0.1, -0.05) is 12.1 Å². The van der Waals surface area contributed by atoms with E-state index < -0.39 is 4.92 Å². The van der Waals surface area contributed by atoms with Crippen LogP contribution in [0, 0.1) is 17.0 Å². The maximum atomic E-state index is 11.8. The van der Waals surface area contributed by atoms with Crippen molar-refractivity contribution in [2.24, 2.45) is 0 Å². The second kappa shape index (κ2) is 8.05. The molecule has 0 amide bonds. The lowest BCUT2D eigenvalue weighted by Gasteiger charge is -2.35. The monoisotopic (exact) mass is 392 g/mol. The highest BCUT2D eigenvalue weighted by atomic mass is 16.6. The first kappa shape index (κ1) is 18.5. The maximum absolute atomic E-state index is 11.8. The number of anilines is 4. The average molecular weight is 392 g/mol. The number of aromatic nitrogens is 4. The van der Waals surface area contributed by atoms with E-state index in [4.69, 9.17) is 0 Å². The van der Waals surface area contributed by atoms with E-state index in [0.29, 0.717) is 37.8 Å². The molecular formula is C19H20N8O2. The summed E-state index contributed by atoms with van der Waals surface area (Å²) in [5.41, 5.74) is 0.848. The van der Waals surface area contributed by atoms with Crippen molar-refractivity contribution in [3.05, 3.63) is 64.7 Å². The normalized spacial score (nSPS) is 14.0. The van der Waals surface area contributed by atoms with Crippen LogP contribution in [0.25, 0.3) is 0 Å². The van der Waals surface area contributed by atoms with Crippen molar-refractivity contribution < 1.29 is 4.92 Å². The van der Waals surface area contributed by atoms with Gasteiger partial charge in [-0.2, -0.15) is 0 Å². The fraction of sp³-hybridized carbons (Fsp3) is 0.263. The van der Waals surface area contributed by atoms with Crippen molar-refractivity contribution in [1.82, 2.24) is 19.9 Å². The summed E-state index contributed by atoms with van der Waals surface area (Å²) in [5, 5.41) is 14.8. The van der Waals surface area contributed by atoms with Crippen molar-refractivity contribution in [3.63, 3.8) is 0 Å². The van der Waals surface area contributed by atoms with E-state index in [2.05, 4.69) is 30.2 Å². The van der Waals surface area contributed by atoms with Crippen LogP contribution in [-0.2, 0) is 0 Å². The van der Waals surface area contributed by atoms with Crippen LogP contribution in [0.4, 0.5) is 29.0 Å². The number of hydrogen-bond acceptors (Lipinski definition) is 9. The van der Waals surface area contributed by atoms with Crippen molar-refractivity contribution in [2.45, 2.75) is 6.92 Å². The number of nitro groups is 1. The van der Waals surface area contributed by atoms with Gasteiger partial charge >= 0.3 is 5.69 Å². The molecule has 0 aromatic carbocycles. The van der Waals surface area contributed by atoms with Gasteiger partial charge in [0.05, 0.1) is 4.92 Å². The lowest BCUT2D eigenvalue weighted by Crippen LogP contribution is -2.47. The molecular weight excluding hydrogens is 372 g/mol. The molecule has 0 saturated carbocycles. The molecule has 0 unspecified atom stereocenters. The molecule has 0 aliphatic carbocycles. The van der Waals surface area contributed by atoms with Crippen LogP contribution in [-0.4, -0.2) is 51.0 Å². The zero-order chi connectivity index (χ0) is 20.2. The highest BCUT2D eigenvalue weighted by Gasteiger charge is 2.29. The van der Waals surface area contributed by atoms with E-state index in [1.807, 2.05) is 36.1 Å². The van der Waals surface area contributed by atoms with E-state index in [0.717, 1.165) is 11.4 Å². The SMILES string of the molecule is Cc1ccc(Nc2ncnc(N3CCN(c4ccccn4)CC3)c2[N+](=O)[O-])nc1. The minimum atomic E-state index is -0.447. The number of nitrogens with one attached hydrogen (secondary N) is 1. The van der Waals surface area contributed by atoms with Crippen molar-refractivity contribution in [3.8, 4) is 0 Å². The fourth-order valence-electron chi connectivity index (χ4n) is 3.21. The number of pyridine rings is 2. The number of aryl methyl sites for hydroxylation is 1. The largest absolute Gasteiger partial charge is 0.353 e. The standard InChI is InChI=1S/C19H20N8O2/c1-14-5-6-15(21-12-14)24-18-17(27(28)29)19(23-13-22-18)26-10-8-25(9-11-26)16-4-2-3-7-20-16/h2-7,12-13H,8-11H2,1H3,(H,21,22,23,24). The molecule has 1 fully saturated rings. The lowest BCUT2D eigenvalue weighted by atomic mass is 10.2. The third-order valence-electron chi connectivity index (χ3n) is 4.70. The van der Waals surface area contributed by atoms with E-state index in [9.17, 15) is 10.1 Å². The van der Waals surface area contributed by atoms with E-state index in [-0.39, 0.29) is 11.5 Å². The smallest absolute Gasteiger partial charge is 0.353 e. The molecule has 3 aromatic rings. The summed E-state index contributed by atoms with van der Waals surface area (Å²) in [7, 11) is 0. The predicted molar refractivity (Wildman–Crippen MR) is 110 cm³/mol. The Balaban J connectivity index is 1.56. The second-order valence-electron chi connectivity index (χ2n) is 6.66. The van der Waals surface area contributed by atoms with Crippen LogP contribution in [0.5, 0.6) is 0 Å². The topological polar surface area (TPSA) is 113 Å². The van der Waals surface area contributed by atoms with Gasteiger partial charge in [0.2, 0.25) is 11.6 Å². The van der Waals surface area contributed by atoms with Gasteiger partial charge in [0, 0.05) is 38.6 Å². The fourth-order valence-corrected chi connectivity index (χ4v) is 3.21. The van der Waals surface area contributed by atoms with Crippen LogP contribution in [0.2, 0.25) is 0 Å². The summed E-state index contributed by atoms with van der Waals surface area (Å²) in [4.78, 5) is 32.4. The first-order valence-corrected chi connectivity index (χ1v) is 9.22. The van der Waals surface area contributed by atoms with Gasteiger partial charge < -0.3 is 15.1 Å². The highest BCUT2D eigenvalue weighted by molar-refractivity contribution is 5.73. The molecule has 3 aromatic heterocycles. The Labute approximate surface area is 167 Å². The minimum Gasteiger partial charge on any atom is -0.353 e. The van der Waals surface area contributed by atoms with Gasteiger partial charge in [0.15, 0.2) is 0 Å². The summed E-state index contributed by atoms with van der Waals surface area (Å²) in [6.45, 7) is 4.50. The highest BCUT2D eigenvalue weighted by Crippen LogP contribution is 2.33. The first-order chi connectivity index (χ1) is 14.1. The molecule has 10 heteroatoms. The zero-order valence-corrected chi connectivity index (χ0v) is 15.9. The van der Waals surface area contributed by atoms with Crippen LogP contribution in [0.1, 0.15) is 5.56 Å². The Bertz CT molecular complexity index is 989. The molecule has 4 heterocycles. The Morgan fingerprint density at radius 3 is 2.45 bits per heavy atom. The molecule has 1 aliphatic heterocycles. The van der Waals surface area contributed by atoms with E-state index in [1.54, 1.807) is 18.5 Å². The molecule has 0 radical (unpaired) electrons. The zero-order valence-electron chi connectivity index (χ0n) is 15.9. The van der Waals surface area contributed by atoms with Gasteiger partial charge in [-0.15, -0.1) is 0 Å². The summed E-state index contributed by atoms with van der Waals surface area (Å²) in [6, 6.07) is 9.41. The molecule has 0 atom stereocenters. The molecule has 148 valence electrons. The summed E-state index contributed by atoms with van der Waals surface area (Å²) in [5.74, 6) is 1.82. The van der Waals surface area contributed by atoms with Crippen molar-refractivity contribution in [1.29, 1.82) is 0 Å². The first-order valence-electron chi connectivity index (χ1n) is 9.22. The number of rotatable bonds is 5. The molecule has 1 saturated heterocycles. The number of hydrogen-bond donors (Lipinski definition) is 1. The molecule has 0 bridgehead atoms. The van der Waals surface area contributed by atoms with Crippen LogP contribution >= 0.6 is 0 Å². The Hall–Kier alpha value is -3.82. The minimum absolute atomic E-state index is 0.128. The molecule has 1 aliphatic rings.